The van der Waals surface area contributed by atoms with Crippen LogP contribution in [0.2, 0.25) is 0 Å². The molecule has 1 heterocycles. The number of hydrogen-bond donors (Lipinski definition) is 2. The van der Waals surface area contributed by atoms with Crippen LogP contribution in [-0.2, 0) is 9.53 Å². The molecule has 0 bridgehead atoms. The van der Waals surface area contributed by atoms with Crippen LogP contribution in [0.3, 0.4) is 0 Å². The number of nitrogens with zero attached hydrogens (tertiary/aromatic N) is 1. The molecule has 5 heteroatoms. The number of aliphatic hydroxyl groups is 1. The van der Waals surface area contributed by atoms with Crippen molar-refractivity contribution in [3.05, 3.63) is 0 Å². The minimum atomic E-state index is -0.538. The molecule has 1 amide bonds. The predicted octanol–water partition coefficient (Wildman–Crippen LogP) is 0.907. The second-order valence-electron chi connectivity index (χ2n) is 6.06. The van der Waals surface area contributed by atoms with E-state index in [0.717, 1.165) is 38.8 Å². The van der Waals surface area contributed by atoms with E-state index in [1.165, 1.54) is 12.8 Å². The summed E-state index contributed by atoms with van der Waals surface area (Å²) in [7, 11) is 0. The molecular formula is C15H28N2O3. The zero-order chi connectivity index (χ0) is 14.4. The first-order valence-corrected chi connectivity index (χ1v) is 7.98. The molecule has 0 aromatic rings. The molecule has 1 saturated heterocycles. The Bertz CT molecular complexity index is 299. The lowest BCUT2D eigenvalue weighted by molar-refractivity contribution is -0.132. The minimum Gasteiger partial charge on any atom is -0.389 e. The number of nitrogens with one attached hydrogen (secondary N) is 1. The lowest BCUT2D eigenvalue weighted by Gasteiger charge is -2.22. The van der Waals surface area contributed by atoms with Crippen LogP contribution in [0.1, 0.15) is 45.4 Å². The summed E-state index contributed by atoms with van der Waals surface area (Å²) in [5.41, 5.74) is 0. The molecule has 2 aliphatic rings. The van der Waals surface area contributed by atoms with E-state index in [4.69, 9.17) is 4.74 Å². The zero-order valence-electron chi connectivity index (χ0n) is 12.5. The highest BCUT2D eigenvalue weighted by Gasteiger charge is 2.23. The SMILES string of the molecule is CC(NCC(O)COC1CCCC1)C(=O)N1CCCC1. The maximum Gasteiger partial charge on any atom is 0.239 e. The second kappa shape index (κ2) is 7.96. The molecule has 2 rings (SSSR count). The third kappa shape index (κ3) is 4.72. The molecule has 116 valence electrons. The van der Waals surface area contributed by atoms with Gasteiger partial charge in [-0.05, 0) is 32.6 Å². The lowest BCUT2D eigenvalue weighted by Crippen LogP contribution is -2.46. The molecule has 2 fully saturated rings. The Morgan fingerprint density at radius 1 is 1.30 bits per heavy atom. The molecule has 2 unspecified atom stereocenters. The highest BCUT2D eigenvalue weighted by atomic mass is 16.5. The van der Waals surface area contributed by atoms with Crippen molar-refractivity contribution in [1.29, 1.82) is 0 Å². The molecule has 1 aliphatic heterocycles. The Morgan fingerprint density at radius 2 is 1.95 bits per heavy atom. The van der Waals surface area contributed by atoms with Gasteiger partial charge in [0.15, 0.2) is 0 Å². The molecule has 0 radical (unpaired) electrons. The van der Waals surface area contributed by atoms with Crippen molar-refractivity contribution >= 4 is 5.91 Å². The lowest BCUT2D eigenvalue weighted by atomic mass is 10.2. The molecule has 2 atom stereocenters. The van der Waals surface area contributed by atoms with Crippen LogP contribution in [0, 0.1) is 0 Å². The maximum atomic E-state index is 12.1. The number of hydrogen-bond acceptors (Lipinski definition) is 4. The molecule has 20 heavy (non-hydrogen) atoms. The largest absolute Gasteiger partial charge is 0.389 e. The Kier molecular flexibility index (Phi) is 6.26. The molecule has 5 nitrogen and oxygen atoms in total. The molecule has 1 saturated carbocycles. The first-order valence-electron chi connectivity index (χ1n) is 7.98. The van der Waals surface area contributed by atoms with Crippen molar-refractivity contribution in [1.82, 2.24) is 10.2 Å². The zero-order valence-corrected chi connectivity index (χ0v) is 12.5. The van der Waals surface area contributed by atoms with E-state index in [1.54, 1.807) is 0 Å². The number of aliphatic hydroxyl groups excluding tert-OH is 1. The van der Waals surface area contributed by atoms with Crippen LogP contribution in [-0.4, -0.2) is 60.4 Å². The summed E-state index contributed by atoms with van der Waals surface area (Å²) in [6.07, 6.45) is 6.71. The molecule has 1 aliphatic carbocycles. The normalized spacial score (nSPS) is 23.2. The number of carbonyl (C=O) groups is 1. The highest BCUT2D eigenvalue weighted by molar-refractivity contribution is 5.81. The van der Waals surface area contributed by atoms with Gasteiger partial charge in [-0.2, -0.15) is 0 Å². The summed E-state index contributed by atoms with van der Waals surface area (Å²) < 4.78 is 5.67. The van der Waals surface area contributed by atoms with Crippen molar-refractivity contribution in [3.63, 3.8) is 0 Å². The third-order valence-electron chi connectivity index (χ3n) is 4.27. The van der Waals surface area contributed by atoms with Gasteiger partial charge in [-0.1, -0.05) is 12.8 Å². The Hall–Kier alpha value is -0.650. The molecular weight excluding hydrogens is 256 g/mol. The van der Waals surface area contributed by atoms with Crippen LogP contribution in [0.5, 0.6) is 0 Å². The van der Waals surface area contributed by atoms with E-state index >= 15 is 0 Å². The number of rotatable bonds is 7. The van der Waals surface area contributed by atoms with Gasteiger partial charge in [-0.3, -0.25) is 4.79 Å². The van der Waals surface area contributed by atoms with Crippen molar-refractivity contribution in [2.75, 3.05) is 26.2 Å². The van der Waals surface area contributed by atoms with Crippen molar-refractivity contribution in [2.24, 2.45) is 0 Å². The smallest absolute Gasteiger partial charge is 0.239 e. The first kappa shape index (κ1) is 15.7. The van der Waals surface area contributed by atoms with Gasteiger partial charge in [0.25, 0.3) is 0 Å². The average Bonchev–Trinajstić information content (AvgIpc) is 3.13. The fourth-order valence-corrected chi connectivity index (χ4v) is 2.97. The Labute approximate surface area is 121 Å². The molecule has 2 N–H and O–H groups in total. The van der Waals surface area contributed by atoms with Gasteiger partial charge in [-0.25, -0.2) is 0 Å². The van der Waals surface area contributed by atoms with E-state index in [2.05, 4.69) is 5.32 Å². The fraction of sp³-hybridized carbons (Fsp3) is 0.933. The number of ether oxygens (including phenoxy) is 1. The van der Waals surface area contributed by atoms with Crippen LogP contribution in [0.4, 0.5) is 0 Å². The van der Waals surface area contributed by atoms with E-state index in [1.807, 2.05) is 11.8 Å². The summed E-state index contributed by atoms with van der Waals surface area (Å²) in [4.78, 5) is 14.0. The van der Waals surface area contributed by atoms with Crippen molar-refractivity contribution < 1.29 is 14.6 Å². The van der Waals surface area contributed by atoms with Gasteiger partial charge in [-0.15, -0.1) is 0 Å². The van der Waals surface area contributed by atoms with Crippen LogP contribution < -0.4 is 5.32 Å². The van der Waals surface area contributed by atoms with E-state index in [9.17, 15) is 9.90 Å². The van der Waals surface area contributed by atoms with Gasteiger partial charge in [0.1, 0.15) is 0 Å². The van der Waals surface area contributed by atoms with Crippen LogP contribution in [0.15, 0.2) is 0 Å². The molecule has 0 aromatic carbocycles. The summed E-state index contributed by atoms with van der Waals surface area (Å²) >= 11 is 0. The molecule has 0 aromatic heterocycles. The van der Waals surface area contributed by atoms with E-state index in [-0.39, 0.29) is 11.9 Å². The Morgan fingerprint density at radius 3 is 2.60 bits per heavy atom. The van der Waals surface area contributed by atoms with Gasteiger partial charge < -0.3 is 20.1 Å². The second-order valence-corrected chi connectivity index (χ2v) is 6.06. The quantitative estimate of drug-likeness (QED) is 0.729. The van der Waals surface area contributed by atoms with Crippen molar-refractivity contribution in [2.45, 2.75) is 63.7 Å². The van der Waals surface area contributed by atoms with Gasteiger partial charge in [0.2, 0.25) is 5.91 Å². The summed E-state index contributed by atoms with van der Waals surface area (Å²) in [5, 5.41) is 13.0. The Balaban J connectivity index is 1.59. The van der Waals surface area contributed by atoms with Gasteiger partial charge in [0.05, 0.1) is 24.9 Å². The van der Waals surface area contributed by atoms with Gasteiger partial charge >= 0.3 is 0 Å². The number of amides is 1. The monoisotopic (exact) mass is 284 g/mol. The predicted molar refractivity (Wildman–Crippen MR) is 77.5 cm³/mol. The van der Waals surface area contributed by atoms with Gasteiger partial charge in [0, 0.05) is 19.6 Å². The topological polar surface area (TPSA) is 61.8 Å². The van der Waals surface area contributed by atoms with Crippen LogP contribution >= 0.6 is 0 Å². The van der Waals surface area contributed by atoms with E-state index in [0.29, 0.717) is 19.3 Å². The average molecular weight is 284 g/mol. The number of carbonyl (C=O) groups excluding carboxylic acids is 1. The van der Waals surface area contributed by atoms with Crippen molar-refractivity contribution in [3.8, 4) is 0 Å². The minimum absolute atomic E-state index is 0.145. The summed E-state index contributed by atoms with van der Waals surface area (Å²) in [6.45, 7) is 4.39. The summed E-state index contributed by atoms with van der Waals surface area (Å²) in [6, 6.07) is -0.228. The highest BCUT2D eigenvalue weighted by Crippen LogP contribution is 2.20. The fourth-order valence-electron chi connectivity index (χ4n) is 2.97. The first-order chi connectivity index (χ1) is 9.66. The van der Waals surface area contributed by atoms with E-state index < -0.39 is 6.10 Å². The number of likely N-dealkylation sites (tertiary alicyclic amines) is 1. The summed E-state index contributed by atoms with van der Waals surface area (Å²) in [5.74, 6) is 0.145. The van der Waals surface area contributed by atoms with Crippen LogP contribution in [0.25, 0.3) is 0 Å². The standard InChI is InChI=1S/C15H28N2O3/c1-12(15(19)17-8-4-5-9-17)16-10-13(18)11-20-14-6-2-3-7-14/h12-14,16,18H,2-11H2,1H3. The molecule has 0 spiro atoms. The maximum absolute atomic E-state index is 12.1. The third-order valence-corrected chi connectivity index (χ3v) is 4.27.